The summed E-state index contributed by atoms with van der Waals surface area (Å²) in [5.74, 6) is -3.32. The van der Waals surface area contributed by atoms with E-state index in [9.17, 15) is 33.0 Å². The van der Waals surface area contributed by atoms with Gasteiger partial charge in [0.15, 0.2) is 0 Å². The first-order valence-electron chi connectivity index (χ1n) is 3.83. The Hall–Kier alpha value is -0.200. The quantitative estimate of drug-likeness (QED) is 0.249. The van der Waals surface area contributed by atoms with Crippen LogP contribution < -0.4 is 64.2 Å². The van der Waals surface area contributed by atoms with Crippen molar-refractivity contribution in [3.8, 4) is 5.75 Å². The topological polar surface area (TPSA) is 161 Å². The van der Waals surface area contributed by atoms with Crippen LogP contribution >= 0.6 is 0 Å². The maximum atomic E-state index is 11.2. The van der Waals surface area contributed by atoms with Gasteiger partial charge in [0, 0.05) is 6.07 Å². The smallest absolute Gasteiger partial charge is 0.867 e. The molecule has 0 aliphatic heterocycles. The van der Waals surface area contributed by atoms with Crippen LogP contribution in [0.5, 0.6) is 5.75 Å². The second-order valence-corrected chi connectivity index (χ2v) is 4.22. The minimum Gasteiger partial charge on any atom is -0.867 e. The molecule has 0 saturated heterocycles. The molecule has 0 aliphatic rings. The number of carboxylic acids is 1. The Kier molecular flexibility index (Phi) is 8.38. The molecule has 0 heterocycles. The number of nitro groups is 1. The molecule has 0 atom stereocenters. The van der Waals surface area contributed by atoms with Gasteiger partial charge in [-0.25, -0.2) is 13.2 Å². The number of nitrogens with zero attached hydrogens (tertiary/aromatic N) is 1. The summed E-state index contributed by atoms with van der Waals surface area (Å²) in [5.41, 5.74) is -2.42. The van der Waals surface area contributed by atoms with E-state index in [2.05, 4.69) is 0 Å². The Balaban J connectivity index is 0. The van der Waals surface area contributed by atoms with Crippen LogP contribution in [0.3, 0.4) is 0 Å². The van der Waals surface area contributed by atoms with Gasteiger partial charge in [0.05, 0.1) is 15.4 Å². The monoisotopic (exact) mass is 307 g/mol. The molecule has 92 valence electrons. The van der Waals surface area contributed by atoms with Gasteiger partial charge < -0.3 is 14.8 Å². The Morgan fingerprint density at radius 1 is 1.26 bits per heavy atom. The third-order valence-electron chi connectivity index (χ3n) is 1.76. The zero-order valence-electron chi connectivity index (χ0n) is 9.82. The molecule has 1 N–H and O–H groups in total. The van der Waals surface area contributed by atoms with Gasteiger partial charge in [-0.3, -0.25) is 10.1 Å². The first-order valence-corrected chi connectivity index (χ1v) is 5.24. The average Bonchev–Trinajstić information content (AvgIpc) is 2.14. The van der Waals surface area contributed by atoms with Crippen molar-refractivity contribution in [3.05, 3.63) is 27.8 Å². The predicted octanol–water partition coefficient (Wildman–Crippen LogP) is -6.72. The Bertz CT molecular complexity index is 579. The van der Waals surface area contributed by atoms with Crippen LogP contribution in [-0.2, 0) is 10.1 Å². The van der Waals surface area contributed by atoms with E-state index in [4.69, 9.17) is 5.11 Å². The van der Waals surface area contributed by atoms with Gasteiger partial charge in [-0.2, -0.15) is 0 Å². The summed E-state index contributed by atoms with van der Waals surface area (Å²) in [7, 11) is -5.09. The molecule has 0 unspecified atom stereocenters. The molecular weight excluding hydrogens is 304 g/mol. The number of carboxylic acid groups (broad SMARTS) is 1. The number of hydrogen-bond acceptors (Lipinski definition) is 7. The number of nitro benzene ring substituents is 1. The largest absolute Gasteiger partial charge is 1.00 e. The van der Waals surface area contributed by atoms with Crippen molar-refractivity contribution in [3.63, 3.8) is 0 Å². The third-order valence-corrected chi connectivity index (χ3v) is 2.57. The molecule has 0 fully saturated rings. The maximum Gasteiger partial charge on any atom is 1.00 e. The normalized spacial score (nSPS) is 9.95. The van der Waals surface area contributed by atoms with Gasteiger partial charge in [0.25, 0.3) is 5.69 Å². The molecule has 1 rings (SSSR count). The number of benzene rings is 1. The molecule has 0 aromatic heterocycles. The average molecular weight is 307 g/mol. The molecule has 0 saturated carbocycles. The standard InChI is InChI=1S/C7H5NO8S.2Na/c9-6-4(7(10)11)1-3(17(14,15)16)2-5(6)8(12)13;;/h1-2,9H,(H,10,11)(H,14,15,16);;/q;2*+1/p-2. The number of hydrogen-bond donors (Lipinski definition) is 1. The SMILES string of the molecule is O=C(O)c1cc(S(=O)(=O)[O-])cc([N+](=O)[O-])c1[O-].[Na+].[Na+]. The van der Waals surface area contributed by atoms with E-state index in [1.807, 2.05) is 0 Å². The number of aromatic carboxylic acids is 1. The molecule has 0 amide bonds. The Morgan fingerprint density at radius 3 is 2.05 bits per heavy atom. The van der Waals surface area contributed by atoms with Gasteiger partial charge in [-0.15, -0.1) is 0 Å². The second-order valence-electron chi connectivity index (χ2n) is 2.84. The fourth-order valence-corrected chi connectivity index (χ4v) is 1.54. The summed E-state index contributed by atoms with van der Waals surface area (Å²) in [4.78, 5) is 18.5. The first-order chi connectivity index (χ1) is 7.64. The van der Waals surface area contributed by atoms with Crippen molar-refractivity contribution < 1.29 is 92.0 Å². The summed E-state index contributed by atoms with van der Waals surface area (Å²) < 4.78 is 31.9. The van der Waals surface area contributed by atoms with E-state index < -0.39 is 42.9 Å². The van der Waals surface area contributed by atoms with Crippen LogP contribution in [0, 0.1) is 10.1 Å². The first kappa shape index (κ1) is 21.1. The minimum absolute atomic E-state index is 0. The summed E-state index contributed by atoms with van der Waals surface area (Å²) in [6, 6.07) is 0.525. The van der Waals surface area contributed by atoms with E-state index in [0.717, 1.165) is 0 Å². The van der Waals surface area contributed by atoms with Gasteiger partial charge >= 0.3 is 65.1 Å². The van der Waals surface area contributed by atoms with Crippen LogP contribution in [0.25, 0.3) is 0 Å². The van der Waals surface area contributed by atoms with Crippen LogP contribution in [0.2, 0.25) is 0 Å². The van der Waals surface area contributed by atoms with Crippen LogP contribution in [0.4, 0.5) is 5.69 Å². The van der Waals surface area contributed by atoms with Crippen molar-refractivity contribution >= 4 is 21.8 Å². The molecular formula is C7H3NNa2O8S. The van der Waals surface area contributed by atoms with Crippen molar-refractivity contribution in [1.82, 2.24) is 0 Å². The van der Waals surface area contributed by atoms with Gasteiger partial charge in [-0.05, 0) is 11.8 Å². The molecule has 0 bridgehead atoms. The zero-order valence-corrected chi connectivity index (χ0v) is 14.6. The third kappa shape index (κ3) is 5.00. The summed E-state index contributed by atoms with van der Waals surface area (Å²) in [6.07, 6.45) is 0. The summed E-state index contributed by atoms with van der Waals surface area (Å²) in [5, 5.41) is 30.1. The van der Waals surface area contributed by atoms with E-state index in [1.54, 1.807) is 0 Å². The molecule has 0 radical (unpaired) electrons. The van der Waals surface area contributed by atoms with Gasteiger partial charge in [0.2, 0.25) is 0 Å². The molecule has 12 heteroatoms. The maximum absolute atomic E-state index is 11.2. The van der Waals surface area contributed by atoms with E-state index in [-0.39, 0.29) is 65.2 Å². The fraction of sp³-hybridized carbons (Fsp3) is 0. The summed E-state index contributed by atoms with van der Waals surface area (Å²) in [6.45, 7) is 0. The minimum atomic E-state index is -5.09. The zero-order chi connectivity index (χ0) is 13.4. The predicted molar refractivity (Wildman–Crippen MR) is 47.5 cm³/mol. The van der Waals surface area contributed by atoms with Crippen molar-refractivity contribution in [2.75, 3.05) is 0 Å². The van der Waals surface area contributed by atoms with Crippen LogP contribution in [0.15, 0.2) is 17.0 Å². The number of carbonyl (C=O) groups is 1. The summed E-state index contributed by atoms with van der Waals surface area (Å²) >= 11 is 0. The van der Waals surface area contributed by atoms with Gasteiger partial charge in [0.1, 0.15) is 10.1 Å². The van der Waals surface area contributed by atoms with Crippen LogP contribution in [0.1, 0.15) is 10.4 Å². The molecule has 0 aliphatic carbocycles. The molecule has 1 aromatic carbocycles. The van der Waals surface area contributed by atoms with E-state index in [0.29, 0.717) is 6.07 Å². The molecule has 1 aromatic rings. The van der Waals surface area contributed by atoms with Crippen LogP contribution in [-0.4, -0.2) is 29.0 Å². The Labute approximate surface area is 151 Å². The Morgan fingerprint density at radius 2 is 1.74 bits per heavy atom. The van der Waals surface area contributed by atoms with Crippen molar-refractivity contribution in [2.24, 2.45) is 0 Å². The molecule has 19 heavy (non-hydrogen) atoms. The fourth-order valence-electron chi connectivity index (χ4n) is 1.03. The van der Waals surface area contributed by atoms with E-state index >= 15 is 0 Å². The van der Waals surface area contributed by atoms with Gasteiger partial charge in [-0.1, -0.05) is 0 Å². The molecule has 9 nitrogen and oxygen atoms in total. The molecule has 0 spiro atoms. The second kappa shape index (κ2) is 7.55. The van der Waals surface area contributed by atoms with Crippen molar-refractivity contribution in [1.29, 1.82) is 0 Å². The number of rotatable bonds is 3. The van der Waals surface area contributed by atoms with Crippen molar-refractivity contribution in [2.45, 2.75) is 4.90 Å². The van der Waals surface area contributed by atoms with E-state index in [1.165, 1.54) is 0 Å².